The molecule has 0 aliphatic rings. The van der Waals surface area contributed by atoms with Crippen molar-refractivity contribution in [3.05, 3.63) is 64.1 Å². The largest absolute Gasteiger partial charge is 0.333 e. The van der Waals surface area contributed by atoms with Gasteiger partial charge in [0.15, 0.2) is 0 Å². The average Bonchev–Trinajstić information content (AvgIpc) is 2.61. The first-order valence-electron chi connectivity index (χ1n) is 8.47. The molecule has 0 bridgehead atoms. The van der Waals surface area contributed by atoms with E-state index >= 15 is 0 Å². The molecule has 0 aromatic heterocycles. The van der Waals surface area contributed by atoms with Crippen molar-refractivity contribution >= 4 is 40.7 Å². The van der Waals surface area contributed by atoms with Crippen LogP contribution in [-0.2, 0) is 16.0 Å². The molecule has 0 radical (unpaired) electrons. The number of carbonyl (C=O) groups is 2. The van der Waals surface area contributed by atoms with E-state index < -0.39 is 0 Å². The van der Waals surface area contributed by atoms with E-state index in [1.165, 1.54) is 6.92 Å². The predicted octanol–water partition coefficient (Wildman–Crippen LogP) is 4.44. The van der Waals surface area contributed by atoms with Crippen molar-refractivity contribution in [3.8, 4) is 0 Å². The molecule has 0 spiro atoms. The Labute approximate surface area is 164 Å². The second kappa shape index (κ2) is 9.60. The normalized spacial score (nSPS) is 10.5. The van der Waals surface area contributed by atoms with Gasteiger partial charge in [-0.15, -0.1) is 0 Å². The molecular weight excluding hydrogens is 371 g/mol. The van der Waals surface area contributed by atoms with Gasteiger partial charge in [0.1, 0.15) is 6.54 Å². The number of benzene rings is 2. The molecule has 0 saturated carbocycles. The number of hydrogen-bond donors (Lipinski definition) is 0. The number of carbonyl (C=O) groups excluding carboxylic acids is 2. The molecule has 2 amide bonds. The fourth-order valence-corrected chi connectivity index (χ4v) is 3.19. The highest BCUT2D eigenvalue weighted by atomic mass is 35.5. The van der Waals surface area contributed by atoms with Crippen LogP contribution in [0.4, 0.5) is 5.69 Å². The van der Waals surface area contributed by atoms with Crippen molar-refractivity contribution in [1.29, 1.82) is 0 Å². The topological polar surface area (TPSA) is 40.6 Å². The summed E-state index contributed by atoms with van der Waals surface area (Å²) in [6, 6.07) is 14.7. The third-order valence-corrected chi connectivity index (χ3v) is 4.71. The Kier molecular flexibility index (Phi) is 7.49. The van der Waals surface area contributed by atoms with E-state index in [2.05, 4.69) is 0 Å². The lowest BCUT2D eigenvalue weighted by Crippen LogP contribution is -2.43. The third kappa shape index (κ3) is 5.48. The summed E-state index contributed by atoms with van der Waals surface area (Å²) >= 11 is 12.1. The van der Waals surface area contributed by atoms with E-state index in [4.69, 9.17) is 23.2 Å². The molecule has 0 saturated heterocycles. The lowest BCUT2D eigenvalue weighted by atomic mass is 10.1. The molecule has 0 atom stereocenters. The highest BCUT2D eigenvalue weighted by molar-refractivity contribution is 6.35. The number of nitrogens with zero attached hydrogens (tertiary/aromatic N) is 2. The zero-order chi connectivity index (χ0) is 19.1. The minimum absolute atomic E-state index is 0.0310. The number of amides is 2. The monoisotopic (exact) mass is 392 g/mol. The van der Waals surface area contributed by atoms with Crippen molar-refractivity contribution in [1.82, 2.24) is 4.90 Å². The molecule has 0 heterocycles. The first-order valence-corrected chi connectivity index (χ1v) is 9.22. The van der Waals surface area contributed by atoms with Crippen molar-refractivity contribution in [3.63, 3.8) is 0 Å². The van der Waals surface area contributed by atoms with Gasteiger partial charge in [0.05, 0.1) is 0 Å². The van der Waals surface area contributed by atoms with E-state index in [-0.39, 0.29) is 18.4 Å². The van der Waals surface area contributed by atoms with E-state index in [1.54, 1.807) is 21.9 Å². The van der Waals surface area contributed by atoms with Crippen molar-refractivity contribution in [2.75, 3.05) is 24.5 Å². The molecule has 2 aromatic rings. The molecule has 26 heavy (non-hydrogen) atoms. The van der Waals surface area contributed by atoms with Crippen LogP contribution >= 0.6 is 23.2 Å². The Hall–Kier alpha value is -2.04. The van der Waals surface area contributed by atoms with Gasteiger partial charge in [-0.25, -0.2) is 0 Å². The molecule has 0 aliphatic heterocycles. The summed E-state index contributed by atoms with van der Waals surface area (Å²) in [4.78, 5) is 27.9. The molecule has 4 nitrogen and oxygen atoms in total. The smallest absolute Gasteiger partial charge is 0.246 e. The van der Waals surface area contributed by atoms with E-state index in [0.717, 1.165) is 11.3 Å². The van der Waals surface area contributed by atoms with Crippen LogP contribution in [0.25, 0.3) is 0 Å². The summed E-state index contributed by atoms with van der Waals surface area (Å²) in [7, 11) is 0. The molecule has 0 unspecified atom stereocenters. The average molecular weight is 393 g/mol. The molecule has 0 fully saturated rings. The SMILES string of the molecule is CCN(C(=O)CN(CCc1ccc(Cl)cc1Cl)C(C)=O)c1ccccc1. The van der Waals surface area contributed by atoms with Gasteiger partial charge in [0.25, 0.3) is 0 Å². The maximum absolute atomic E-state index is 12.7. The first kappa shape index (κ1) is 20.3. The van der Waals surface area contributed by atoms with Crippen LogP contribution in [0, 0.1) is 0 Å². The van der Waals surface area contributed by atoms with Gasteiger partial charge in [-0.2, -0.15) is 0 Å². The van der Waals surface area contributed by atoms with Gasteiger partial charge < -0.3 is 9.80 Å². The van der Waals surface area contributed by atoms with Crippen LogP contribution in [-0.4, -0.2) is 36.3 Å². The Balaban J connectivity index is 2.05. The fraction of sp³-hybridized carbons (Fsp3) is 0.300. The van der Waals surface area contributed by atoms with Crippen LogP contribution in [0.2, 0.25) is 10.0 Å². The van der Waals surface area contributed by atoms with E-state index in [0.29, 0.717) is 29.6 Å². The number of anilines is 1. The van der Waals surface area contributed by atoms with Gasteiger partial charge in [-0.05, 0) is 43.2 Å². The van der Waals surface area contributed by atoms with E-state index in [9.17, 15) is 9.59 Å². The van der Waals surface area contributed by atoms with Crippen LogP contribution in [0.15, 0.2) is 48.5 Å². The molecule has 0 aliphatic carbocycles. The summed E-state index contributed by atoms with van der Waals surface area (Å²) in [5.41, 5.74) is 1.72. The zero-order valence-electron chi connectivity index (χ0n) is 14.9. The third-order valence-electron chi connectivity index (χ3n) is 4.12. The lowest BCUT2D eigenvalue weighted by molar-refractivity contribution is -0.133. The Morgan fingerprint density at radius 2 is 1.73 bits per heavy atom. The van der Waals surface area contributed by atoms with Gasteiger partial charge in [0.2, 0.25) is 11.8 Å². The van der Waals surface area contributed by atoms with Crippen LogP contribution in [0.1, 0.15) is 19.4 Å². The van der Waals surface area contributed by atoms with Crippen molar-refractivity contribution < 1.29 is 9.59 Å². The fourth-order valence-electron chi connectivity index (χ4n) is 2.69. The Morgan fingerprint density at radius 1 is 1.04 bits per heavy atom. The molecular formula is C20H22Cl2N2O2. The molecule has 6 heteroatoms. The second-order valence-electron chi connectivity index (χ2n) is 5.90. The zero-order valence-corrected chi connectivity index (χ0v) is 16.4. The number of rotatable bonds is 7. The van der Waals surface area contributed by atoms with Gasteiger partial charge in [-0.1, -0.05) is 47.5 Å². The van der Waals surface area contributed by atoms with Crippen molar-refractivity contribution in [2.45, 2.75) is 20.3 Å². The standard InChI is InChI=1S/C20H22Cl2N2O2/c1-3-24(18-7-5-4-6-8-18)20(26)14-23(15(2)25)12-11-16-9-10-17(21)13-19(16)22/h4-10,13H,3,11-12,14H2,1-2H3. The highest BCUT2D eigenvalue weighted by Gasteiger charge is 2.19. The van der Waals surface area contributed by atoms with Crippen LogP contribution in [0.3, 0.4) is 0 Å². The van der Waals surface area contributed by atoms with Crippen LogP contribution < -0.4 is 4.90 Å². The minimum Gasteiger partial charge on any atom is -0.333 e. The minimum atomic E-state index is -0.146. The maximum Gasteiger partial charge on any atom is 0.246 e. The molecule has 138 valence electrons. The molecule has 2 rings (SSSR count). The Morgan fingerprint density at radius 3 is 2.31 bits per heavy atom. The summed E-state index contributed by atoms with van der Waals surface area (Å²) in [6.07, 6.45) is 0.556. The molecule has 0 N–H and O–H groups in total. The van der Waals surface area contributed by atoms with Gasteiger partial charge in [0, 0.05) is 35.7 Å². The predicted molar refractivity (Wildman–Crippen MR) is 107 cm³/mol. The van der Waals surface area contributed by atoms with E-state index in [1.807, 2.05) is 43.3 Å². The highest BCUT2D eigenvalue weighted by Crippen LogP contribution is 2.21. The number of para-hydroxylation sites is 1. The second-order valence-corrected chi connectivity index (χ2v) is 6.74. The van der Waals surface area contributed by atoms with Gasteiger partial charge in [-0.3, -0.25) is 9.59 Å². The maximum atomic E-state index is 12.7. The summed E-state index contributed by atoms with van der Waals surface area (Å²) in [6.45, 7) is 4.36. The first-order chi connectivity index (χ1) is 12.4. The van der Waals surface area contributed by atoms with Crippen molar-refractivity contribution in [2.24, 2.45) is 0 Å². The summed E-state index contributed by atoms with van der Waals surface area (Å²) < 4.78 is 0. The lowest BCUT2D eigenvalue weighted by Gasteiger charge is -2.26. The Bertz CT molecular complexity index is 766. The quantitative estimate of drug-likeness (QED) is 0.698. The van der Waals surface area contributed by atoms with Crippen LogP contribution in [0.5, 0.6) is 0 Å². The van der Waals surface area contributed by atoms with Gasteiger partial charge >= 0.3 is 0 Å². The molecule has 2 aromatic carbocycles. The summed E-state index contributed by atoms with van der Waals surface area (Å²) in [5, 5.41) is 1.13. The number of halogens is 2. The number of hydrogen-bond acceptors (Lipinski definition) is 2. The number of likely N-dealkylation sites (N-methyl/N-ethyl adjacent to an activating group) is 1. The summed E-state index contributed by atoms with van der Waals surface area (Å²) in [5.74, 6) is -0.261.